The van der Waals surface area contributed by atoms with Gasteiger partial charge in [0, 0.05) is 9.79 Å². The molecule has 3 aromatic rings. The minimum absolute atomic E-state index is 0.161. The van der Waals surface area contributed by atoms with E-state index in [4.69, 9.17) is 23.2 Å². The van der Waals surface area contributed by atoms with Crippen molar-refractivity contribution in [1.82, 2.24) is 5.32 Å². The first-order valence-corrected chi connectivity index (χ1v) is 9.67. The minimum atomic E-state index is -0.281. The van der Waals surface area contributed by atoms with E-state index in [0.29, 0.717) is 21.3 Å². The van der Waals surface area contributed by atoms with Crippen molar-refractivity contribution < 1.29 is 9.18 Å². The summed E-state index contributed by atoms with van der Waals surface area (Å²) in [6, 6.07) is 17.1. The lowest BCUT2D eigenvalue weighted by molar-refractivity contribution is 0.0949. The number of rotatable bonds is 3. The molecule has 3 aromatic carbocycles. The van der Waals surface area contributed by atoms with E-state index in [9.17, 15) is 9.18 Å². The smallest absolute Gasteiger partial charge is 0.254 e. The maximum absolute atomic E-state index is 13.1. The molecule has 0 bridgehead atoms. The number of anilines is 2. The molecule has 0 atom stereocenters. The fraction of sp³-hybridized carbons (Fsp3) is 0.0500. The van der Waals surface area contributed by atoms with Crippen LogP contribution in [0.15, 0.2) is 70.5 Å². The third kappa shape index (κ3) is 3.63. The second-order valence-corrected chi connectivity index (χ2v) is 7.86. The maximum Gasteiger partial charge on any atom is 0.254 e. The van der Waals surface area contributed by atoms with Crippen LogP contribution in [-0.4, -0.2) is 12.6 Å². The molecule has 4 rings (SSSR count). The number of amides is 1. The van der Waals surface area contributed by atoms with Crippen LogP contribution in [0.1, 0.15) is 10.4 Å². The highest BCUT2D eigenvalue weighted by molar-refractivity contribution is 7.99. The Morgan fingerprint density at radius 3 is 2.33 bits per heavy atom. The Labute approximate surface area is 170 Å². The number of para-hydroxylation sites is 1. The van der Waals surface area contributed by atoms with E-state index in [2.05, 4.69) is 5.32 Å². The Kier molecular flexibility index (Phi) is 5.00. The normalized spacial score (nSPS) is 13.3. The molecule has 0 unspecified atom stereocenters. The molecular formula is C20H13Cl2FN2OS. The van der Waals surface area contributed by atoms with E-state index in [1.807, 2.05) is 23.1 Å². The van der Waals surface area contributed by atoms with Gasteiger partial charge in [-0.2, -0.15) is 0 Å². The summed E-state index contributed by atoms with van der Waals surface area (Å²) >= 11 is 14.1. The molecule has 1 N–H and O–H groups in total. The van der Waals surface area contributed by atoms with Crippen molar-refractivity contribution in [3.8, 4) is 0 Å². The van der Waals surface area contributed by atoms with Gasteiger partial charge in [-0.3, -0.25) is 4.79 Å². The highest BCUT2D eigenvalue weighted by Gasteiger charge is 2.26. The molecule has 0 saturated carbocycles. The maximum atomic E-state index is 13.1. The molecule has 0 aliphatic carbocycles. The molecule has 0 saturated heterocycles. The van der Waals surface area contributed by atoms with Crippen LogP contribution in [0.4, 0.5) is 15.8 Å². The summed E-state index contributed by atoms with van der Waals surface area (Å²) in [7, 11) is 0. The van der Waals surface area contributed by atoms with Crippen molar-refractivity contribution in [2.75, 3.05) is 11.6 Å². The molecule has 1 heterocycles. The number of hydrogen-bond acceptors (Lipinski definition) is 3. The number of benzene rings is 3. The van der Waals surface area contributed by atoms with Crippen molar-refractivity contribution in [2.24, 2.45) is 0 Å². The third-order valence-electron chi connectivity index (χ3n) is 4.16. The van der Waals surface area contributed by atoms with E-state index >= 15 is 0 Å². The Balaban J connectivity index is 1.72. The lowest BCUT2D eigenvalue weighted by Crippen LogP contribution is -2.41. The van der Waals surface area contributed by atoms with Crippen LogP contribution in [0.5, 0.6) is 0 Å². The van der Waals surface area contributed by atoms with Crippen molar-refractivity contribution >= 4 is 52.2 Å². The van der Waals surface area contributed by atoms with Gasteiger partial charge < -0.3 is 10.2 Å². The molecule has 3 nitrogen and oxygen atoms in total. The average molecular weight is 419 g/mol. The van der Waals surface area contributed by atoms with Gasteiger partial charge in [0.2, 0.25) is 0 Å². The summed E-state index contributed by atoms with van der Waals surface area (Å²) in [5, 5.41) is 3.87. The fourth-order valence-electron chi connectivity index (χ4n) is 2.91. The summed E-state index contributed by atoms with van der Waals surface area (Å²) in [6.07, 6.45) is 0. The third-order valence-corrected chi connectivity index (χ3v) is 5.77. The predicted molar refractivity (Wildman–Crippen MR) is 108 cm³/mol. The fourth-order valence-corrected chi connectivity index (χ4v) is 4.37. The molecule has 27 heavy (non-hydrogen) atoms. The monoisotopic (exact) mass is 418 g/mol. The van der Waals surface area contributed by atoms with Crippen LogP contribution in [-0.2, 0) is 0 Å². The lowest BCUT2D eigenvalue weighted by atomic mass is 10.1. The second kappa shape index (κ2) is 7.43. The van der Waals surface area contributed by atoms with Crippen LogP contribution < -0.4 is 10.2 Å². The zero-order valence-corrected chi connectivity index (χ0v) is 16.2. The molecule has 136 valence electrons. The summed E-state index contributed by atoms with van der Waals surface area (Å²) in [4.78, 5) is 16.1. The SMILES string of the molecule is O=C1NCN(c2c(Cl)cccc2Cl)c2ccc(Sc3ccc(F)cc3)cc21. The highest BCUT2D eigenvalue weighted by atomic mass is 35.5. The first kappa shape index (κ1) is 18.2. The number of carbonyl (C=O) groups excluding carboxylic acids is 1. The topological polar surface area (TPSA) is 32.3 Å². The van der Waals surface area contributed by atoms with Crippen molar-refractivity contribution in [3.05, 3.63) is 82.1 Å². The van der Waals surface area contributed by atoms with Gasteiger partial charge in [-0.25, -0.2) is 4.39 Å². The first-order valence-electron chi connectivity index (χ1n) is 8.10. The van der Waals surface area contributed by atoms with Gasteiger partial charge >= 0.3 is 0 Å². The van der Waals surface area contributed by atoms with Gasteiger partial charge in [-0.15, -0.1) is 0 Å². The zero-order chi connectivity index (χ0) is 19.0. The van der Waals surface area contributed by atoms with Crippen LogP contribution in [0, 0.1) is 5.82 Å². The molecule has 0 fully saturated rings. The molecule has 1 aliphatic rings. The molecule has 1 aliphatic heterocycles. The highest BCUT2D eigenvalue weighted by Crippen LogP contribution is 2.41. The quantitative estimate of drug-likeness (QED) is 0.555. The van der Waals surface area contributed by atoms with Crippen molar-refractivity contribution in [3.63, 3.8) is 0 Å². The molecule has 0 aromatic heterocycles. The zero-order valence-electron chi connectivity index (χ0n) is 13.9. The standard InChI is InChI=1S/C20H13Cl2FN2OS/c21-16-2-1-3-17(22)19(16)25-11-24-20(26)15-10-14(8-9-18(15)25)27-13-6-4-12(23)5-7-13/h1-10H,11H2,(H,24,26). The van der Waals surface area contributed by atoms with Crippen LogP contribution >= 0.6 is 35.0 Å². The summed E-state index contributed by atoms with van der Waals surface area (Å²) in [5.74, 6) is -0.442. The van der Waals surface area contributed by atoms with E-state index in [1.54, 1.807) is 30.3 Å². The molecule has 0 spiro atoms. The molecule has 7 heteroatoms. The Hall–Kier alpha value is -2.21. The van der Waals surface area contributed by atoms with E-state index in [1.165, 1.54) is 23.9 Å². The number of nitrogens with one attached hydrogen (secondary N) is 1. The van der Waals surface area contributed by atoms with Crippen LogP contribution in [0.3, 0.4) is 0 Å². The summed E-state index contributed by atoms with van der Waals surface area (Å²) < 4.78 is 13.1. The van der Waals surface area contributed by atoms with E-state index in [0.717, 1.165) is 15.5 Å². The second-order valence-electron chi connectivity index (χ2n) is 5.90. The lowest BCUT2D eigenvalue weighted by Gasteiger charge is -2.32. The van der Waals surface area contributed by atoms with Gasteiger partial charge in [-0.1, -0.05) is 41.0 Å². The minimum Gasteiger partial charge on any atom is -0.334 e. The molecule has 1 amide bonds. The Morgan fingerprint density at radius 2 is 1.63 bits per heavy atom. The molecule has 0 radical (unpaired) electrons. The number of halogens is 3. The van der Waals surface area contributed by atoms with Gasteiger partial charge in [-0.05, 0) is 54.6 Å². The van der Waals surface area contributed by atoms with Crippen molar-refractivity contribution in [1.29, 1.82) is 0 Å². The van der Waals surface area contributed by atoms with Crippen LogP contribution in [0.2, 0.25) is 10.0 Å². The van der Waals surface area contributed by atoms with Gasteiger partial charge in [0.25, 0.3) is 5.91 Å². The predicted octanol–water partition coefficient (Wildman–Crippen LogP) is 6.12. The van der Waals surface area contributed by atoms with Crippen LogP contribution in [0.25, 0.3) is 0 Å². The number of hydrogen-bond donors (Lipinski definition) is 1. The summed E-state index contributed by atoms with van der Waals surface area (Å²) in [5.41, 5.74) is 1.92. The number of fused-ring (bicyclic) bond motifs is 1. The van der Waals surface area contributed by atoms with E-state index in [-0.39, 0.29) is 18.4 Å². The number of nitrogens with zero attached hydrogens (tertiary/aromatic N) is 1. The first-order chi connectivity index (χ1) is 13.0. The average Bonchev–Trinajstić information content (AvgIpc) is 2.65. The van der Waals surface area contributed by atoms with E-state index < -0.39 is 0 Å². The Morgan fingerprint density at radius 1 is 0.963 bits per heavy atom. The van der Waals surface area contributed by atoms with Gasteiger partial charge in [0.15, 0.2) is 0 Å². The number of carbonyl (C=O) groups is 1. The largest absolute Gasteiger partial charge is 0.334 e. The summed E-state index contributed by atoms with van der Waals surface area (Å²) in [6.45, 7) is 0.278. The molecular weight excluding hydrogens is 406 g/mol. The van der Waals surface area contributed by atoms with Crippen molar-refractivity contribution in [2.45, 2.75) is 9.79 Å². The van der Waals surface area contributed by atoms with Gasteiger partial charge in [0.05, 0.1) is 33.7 Å². The van der Waals surface area contributed by atoms with Gasteiger partial charge in [0.1, 0.15) is 5.82 Å². The Bertz CT molecular complexity index is 1010.